The largest absolute Gasteiger partial charge is 0.430 e. The maximum Gasteiger partial charge on any atom is 0.299 e. The van der Waals surface area contributed by atoms with Gasteiger partial charge in [0.25, 0.3) is 5.19 Å². The van der Waals surface area contributed by atoms with Crippen LogP contribution in [0.5, 0.6) is 10.9 Å². The van der Waals surface area contributed by atoms with Crippen LogP contribution in [0.3, 0.4) is 0 Å². The first-order chi connectivity index (χ1) is 8.10. The van der Waals surface area contributed by atoms with E-state index in [1.165, 1.54) is 11.3 Å². The van der Waals surface area contributed by atoms with E-state index in [0.29, 0.717) is 16.0 Å². The van der Waals surface area contributed by atoms with Gasteiger partial charge in [0.05, 0.1) is 6.61 Å². The van der Waals surface area contributed by atoms with Crippen molar-refractivity contribution >= 4 is 22.9 Å². The van der Waals surface area contributed by atoms with Crippen LogP contribution in [0, 0.1) is 13.8 Å². The minimum atomic E-state index is -0.125. The molecule has 0 saturated carbocycles. The summed E-state index contributed by atoms with van der Waals surface area (Å²) in [6.45, 7) is 3.71. The van der Waals surface area contributed by atoms with Crippen LogP contribution >= 0.6 is 22.9 Å². The third-order valence-corrected chi connectivity index (χ3v) is 3.58. The van der Waals surface area contributed by atoms with Gasteiger partial charge in [0.2, 0.25) is 0 Å². The maximum absolute atomic E-state index is 8.88. The molecule has 0 aliphatic rings. The molecule has 1 N–H and O–H groups in total. The Balaban J connectivity index is 2.24. The molecule has 1 heterocycles. The Hall–Kier alpha value is -1.17. The third-order valence-electron chi connectivity index (χ3n) is 2.20. The van der Waals surface area contributed by atoms with Crippen molar-refractivity contribution in [3.63, 3.8) is 0 Å². The van der Waals surface area contributed by atoms with Crippen molar-refractivity contribution < 1.29 is 9.84 Å². The van der Waals surface area contributed by atoms with E-state index in [-0.39, 0.29) is 6.61 Å². The lowest BCUT2D eigenvalue weighted by Gasteiger charge is -2.06. The highest BCUT2D eigenvalue weighted by atomic mass is 35.5. The molecule has 4 nitrogen and oxygen atoms in total. The minimum Gasteiger partial charge on any atom is -0.430 e. The molecule has 17 heavy (non-hydrogen) atoms. The molecule has 0 bridgehead atoms. The molecule has 1 aromatic heterocycles. The summed E-state index contributed by atoms with van der Waals surface area (Å²) >= 11 is 7.28. The van der Waals surface area contributed by atoms with Gasteiger partial charge < -0.3 is 9.84 Å². The Morgan fingerprint density at radius 1 is 1.29 bits per heavy atom. The number of rotatable bonds is 3. The zero-order valence-electron chi connectivity index (χ0n) is 9.40. The van der Waals surface area contributed by atoms with Crippen molar-refractivity contribution in [3.8, 4) is 10.9 Å². The second-order valence-electron chi connectivity index (χ2n) is 3.59. The molecule has 0 fully saturated rings. The van der Waals surface area contributed by atoms with Gasteiger partial charge in [-0.3, -0.25) is 0 Å². The Kier molecular flexibility index (Phi) is 3.61. The molecule has 2 aromatic rings. The Morgan fingerprint density at radius 2 is 1.94 bits per heavy atom. The fourth-order valence-electron chi connectivity index (χ4n) is 1.41. The second kappa shape index (κ2) is 5.00. The van der Waals surface area contributed by atoms with E-state index in [9.17, 15) is 0 Å². The predicted molar refractivity (Wildman–Crippen MR) is 66.8 cm³/mol. The molecule has 90 valence electrons. The van der Waals surface area contributed by atoms with E-state index >= 15 is 0 Å². The van der Waals surface area contributed by atoms with Crippen LogP contribution in [0.1, 0.15) is 16.1 Å². The summed E-state index contributed by atoms with van der Waals surface area (Å²) in [5.41, 5.74) is 1.90. The fourth-order valence-corrected chi connectivity index (χ4v) is 2.09. The Morgan fingerprint density at radius 3 is 2.47 bits per heavy atom. The van der Waals surface area contributed by atoms with Crippen LogP contribution in [-0.2, 0) is 6.61 Å². The average molecular weight is 271 g/mol. The molecular formula is C11H11ClN2O2S. The van der Waals surface area contributed by atoms with Crippen molar-refractivity contribution in [1.29, 1.82) is 0 Å². The van der Waals surface area contributed by atoms with Crippen molar-refractivity contribution in [1.82, 2.24) is 10.2 Å². The number of aliphatic hydroxyl groups is 1. The summed E-state index contributed by atoms with van der Waals surface area (Å²) in [7, 11) is 0. The SMILES string of the molecule is Cc1cc(Oc2nnc(CO)s2)cc(C)c1Cl. The van der Waals surface area contributed by atoms with Gasteiger partial charge in [-0.25, -0.2) is 0 Å². The number of benzene rings is 1. The number of aliphatic hydroxyl groups excluding tert-OH is 1. The third kappa shape index (κ3) is 2.74. The molecule has 0 radical (unpaired) electrons. The molecule has 1 aromatic carbocycles. The maximum atomic E-state index is 8.88. The number of nitrogens with zero attached hydrogens (tertiary/aromatic N) is 2. The topological polar surface area (TPSA) is 55.2 Å². The second-order valence-corrected chi connectivity index (χ2v) is 5.00. The van der Waals surface area contributed by atoms with Gasteiger partial charge in [0, 0.05) is 5.02 Å². The van der Waals surface area contributed by atoms with Crippen molar-refractivity contribution in [2.75, 3.05) is 0 Å². The molecule has 0 atom stereocenters. The van der Waals surface area contributed by atoms with Gasteiger partial charge >= 0.3 is 0 Å². The molecule has 0 unspecified atom stereocenters. The van der Waals surface area contributed by atoms with Crippen LogP contribution < -0.4 is 4.74 Å². The lowest BCUT2D eigenvalue weighted by atomic mass is 10.1. The van der Waals surface area contributed by atoms with Crippen molar-refractivity contribution in [3.05, 3.63) is 33.3 Å². The first kappa shape index (κ1) is 12.3. The number of hydrogen-bond donors (Lipinski definition) is 1. The highest BCUT2D eigenvalue weighted by Gasteiger charge is 2.08. The highest BCUT2D eigenvalue weighted by Crippen LogP contribution is 2.30. The Labute approximate surface area is 108 Å². The first-order valence-electron chi connectivity index (χ1n) is 4.98. The molecule has 6 heteroatoms. The van der Waals surface area contributed by atoms with Crippen LogP contribution in [0.15, 0.2) is 12.1 Å². The number of ether oxygens (including phenoxy) is 1. The van der Waals surface area contributed by atoms with Gasteiger partial charge in [-0.05, 0) is 37.1 Å². The lowest BCUT2D eigenvalue weighted by molar-refractivity contribution is 0.280. The fraction of sp³-hybridized carbons (Fsp3) is 0.273. The van der Waals surface area contributed by atoms with Gasteiger partial charge in [0.1, 0.15) is 10.8 Å². The summed E-state index contributed by atoms with van der Waals surface area (Å²) in [4.78, 5) is 0. The van der Waals surface area contributed by atoms with Gasteiger partial charge in [-0.1, -0.05) is 28.0 Å². The van der Waals surface area contributed by atoms with Crippen LogP contribution in [-0.4, -0.2) is 15.3 Å². The van der Waals surface area contributed by atoms with Crippen LogP contribution in [0.4, 0.5) is 0 Å². The van der Waals surface area contributed by atoms with Gasteiger partial charge in [-0.15, -0.1) is 5.10 Å². The van der Waals surface area contributed by atoms with Crippen molar-refractivity contribution in [2.45, 2.75) is 20.5 Å². The summed E-state index contributed by atoms with van der Waals surface area (Å²) in [6, 6.07) is 3.69. The normalized spacial score (nSPS) is 10.6. The molecular weight excluding hydrogens is 260 g/mol. The van der Waals surface area contributed by atoms with Gasteiger partial charge in [0.15, 0.2) is 0 Å². The summed E-state index contributed by atoms with van der Waals surface area (Å²) in [6.07, 6.45) is 0. The van der Waals surface area contributed by atoms with Crippen LogP contribution in [0.2, 0.25) is 5.02 Å². The van der Waals surface area contributed by atoms with E-state index in [1.54, 1.807) is 0 Å². The number of halogens is 1. The number of aryl methyl sites for hydroxylation is 2. The molecule has 0 spiro atoms. The molecule has 0 aliphatic carbocycles. The lowest BCUT2D eigenvalue weighted by Crippen LogP contribution is -1.87. The summed E-state index contributed by atoms with van der Waals surface area (Å²) in [5.74, 6) is 0.671. The zero-order chi connectivity index (χ0) is 12.4. The summed E-state index contributed by atoms with van der Waals surface area (Å²) in [5, 5.41) is 18.1. The minimum absolute atomic E-state index is 0.125. The van der Waals surface area contributed by atoms with E-state index in [1.807, 2.05) is 26.0 Å². The van der Waals surface area contributed by atoms with E-state index in [2.05, 4.69) is 10.2 Å². The quantitative estimate of drug-likeness (QED) is 0.931. The first-order valence-corrected chi connectivity index (χ1v) is 6.17. The van der Waals surface area contributed by atoms with E-state index in [4.69, 9.17) is 21.4 Å². The Bertz CT molecular complexity index is 519. The molecule has 0 amide bonds. The predicted octanol–water partition coefficient (Wildman–Crippen LogP) is 3.09. The standard InChI is InChI=1S/C11H11ClN2O2S/c1-6-3-8(4-7(2)10(6)12)16-11-14-13-9(5-15)17-11/h3-4,15H,5H2,1-2H3. The van der Waals surface area contributed by atoms with Gasteiger partial charge in [-0.2, -0.15) is 0 Å². The van der Waals surface area contributed by atoms with E-state index < -0.39 is 0 Å². The smallest absolute Gasteiger partial charge is 0.299 e. The molecule has 2 rings (SSSR count). The average Bonchev–Trinajstić information content (AvgIpc) is 2.73. The highest BCUT2D eigenvalue weighted by molar-refractivity contribution is 7.13. The zero-order valence-corrected chi connectivity index (χ0v) is 11.0. The van der Waals surface area contributed by atoms with Crippen LogP contribution in [0.25, 0.3) is 0 Å². The number of aromatic nitrogens is 2. The monoisotopic (exact) mass is 270 g/mol. The van der Waals surface area contributed by atoms with Crippen molar-refractivity contribution in [2.24, 2.45) is 0 Å². The summed E-state index contributed by atoms with van der Waals surface area (Å²) < 4.78 is 5.55. The molecule has 0 aliphatic heterocycles. The van der Waals surface area contributed by atoms with E-state index in [0.717, 1.165) is 16.1 Å². The molecule has 0 saturated heterocycles. The number of hydrogen-bond acceptors (Lipinski definition) is 5.